The van der Waals surface area contributed by atoms with Crippen LogP contribution < -0.4 is 5.56 Å². The van der Waals surface area contributed by atoms with E-state index < -0.39 is 0 Å². The Balaban J connectivity index is 1.94. The second kappa shape index (κ2) is 6.82. The molecule has 0 aliphatic carbocycles. The normalized spacial score (nSPS) is 17.3. The van der Waals surface area contributed by atoms with E-state index in [0.29, 0.717) is 18.8 Å². The molecule has 0 aromatic carbocycles. The molecule has 1 saturated heterocycles. The standard InChI is InChI=1S/C18H25N5O2/c1-5-10-23-16(24)9-8-14(20-23)18(25)22-11-6-7-15(22)17-12(2)19-21(4)13(17)3/h8-9,15H,5-7,10-11H2,1-4H3/t15-/m0/s1. The predicted octanol–water partition coefficient (Wildman–Crippen LogP) is 1.98. The minimum atomic E-state index is -0.171. The first-order chi connectivity index (χ1) is 11.9. The van der Waals surface area contributed by atoms with Gasteiger partial charge in [-0.2, -0.15) is 10.2 Å². The van der Waals surface area contributed by atoms with Crippen molar-refractivity contribution in [3.8, 4) is 0 Å². The largest absolute Gasteiger partial charge is 0.330 e. The summed E-state index contributed by atoms with van der Waals surface area (Å²) in [5.41, 5.74) is 3.35. The number of amides is 1. The van der Waals surface area contributed by atoms with Crippen LogP contribution in [0.5, 0.6) is 0 Å². The second-order valence-corrected chi connectivity index (χ2v) is 6.64. The van der Waals surface area contributed by atoms with Crippen molar-refractivity contribution in [2.24, 2.45) is 7.05 Å². The molecule has 2 aromatic rings. The molecule has 0 spiro atoms. The summed E-state index contributed by atoms with van der Waals surface area (Å²) >= 11 is 0. The third-order valence-corrected chi connectivity index (χ3v) is 4.93. The van der Waals surface area contributed by atoms with Crippen molar-refractivity contribution in [3.63, 3.8) is 0 Å². The minimum absolute atomic E-state index is 0.0227. The van der Waals surface area contributed by atoms with Gasteiger partial charge in [-0.15, -0.1) is 0 Å². The van der Waals surface area contributed by atoms with E-state index in [1.165, 1.54) is 16.8 Å². The van der Waals surface area contributed by atoms with Gasteiger partial charge in [0.05, 0.1) is 11.7 Å². The summed E-state index contributed by atoms with van der Waals surface area (Å²) in [7, 11) is 1.93. The van der Waals surface area contributed by atoms with E-state index in [1.54, 1.807) is 0 Å². The Morgan fingerprint density at radius 3 is 2.68 bits per heavy atom. The van der Waals surface area contributed by atoms with Crippen LogP contribution in [0.3, 0.4) is 0 Å². The van der Waals surface area contributed by atoms with Crippen LogP contribution in [0.4, 0.5) is 0 Å². The van der Waals surface area contributed by atoms with Gasteiger partial charge in [0.2, 0.25) is 0 Å². The summed E-state index contributed by atoms with van der Waals surface area (Å²) in [4.78, 5) is 26.8. The molecule has 7 nitrogen and oxygen atoms in total. The Morgan fingerprint density at radius 2 is 2.04 bits per heavy atom. The maximum absolute atomic E-state index is 13.0. The SMILES string of the molecule is CCCn1nc(C(=O)N2CCC[C@H]2c2c(C)nn(C)c2C)ccc1=O. The number of likely N-dealkylation sites (tertiary alicyclic amines) is 1. The Hall–Kier alpha value is -2.44. The quantitative estimate of drug-likeness (QED) is 0.851. The van der Waals surface area contributed by atoms with Gasteiger partial charge in [-0.1, -0.05) is 6.92 Å². The molecule has 0 bridgehead atoms. The van der Waals surface area contributed by atoms with E-state index in [9.17, 15) is 9.59 Å². The molecule has 7 heteroatoms. The molecule has 0 unspecified atom stereocenters. The summed E-state index contributed by atoms with van der Waals surface area (Å²) in [6, 6.07) is 2.99. The van der Waals surface area contributed by atoms with E-state index in [-0.39, 0.29) is 17.5 Å². The second-order valence-electron chi connectivity index (χ2n) is 6.64. The molecule has 3 rings (SSSR count). The summed E-state index contributed by atoms with van der Waals surface area (Å²) in [6.07, 6.45) is 2.68. The maximum atomic E-state index is 13.0. The minimum Gasteiger partial charge on any atom is -0.330 e. The van der Waals surface area contributed by atoms with Crippen LogP contribution in [0.15, 0.2) is 16.9 Å². The van der Waals surface area contributed by atoms with Crippen molar-refractivity contribution in [2.45, 2.75) is 52.6 Å². The van der Waals surface area contributed by atoms with E-state index in [0.717, 1.165) is 36.2 Å². The van der Waals surface area contributed by atoms with Gasteiger partial charge in [-0.3, -0.25) is 14.3 Å². The summed E-state index contributed by atoms with van der Waals surface area (Å²) < 4.78 is 3.24. The zero-order valence-electron chi connectivity index (χ0n) is 15.3. The number of hydrogen-bond donors (Lipinski definition) is 0. The number of nitrogens with zero attached hydrogens (tertiary/aromatic N) is 5. The number of carbonyl (C=O) groups is 1. The van der Waals surface area contributed by atoms with E-state index >= 15 is 0 Å². The molecule has 0 N–H and O–H groups in total. The van der Waals surface area contributed by atoms with Crippen molar-refractivity contribution in [1.82, 2.24) is 24.5 Å². The van der Waals surface area contributed by atoms with Crippen LogP contribution in [-0.4, -0.2) is 36.9 Å². The lowest BCUT2D eigenvalue weighted by Gasteiger charge is -2.25. The molecule has 1 aliphatic rings. The molecule has 0 saturated carbocycles. The fourth-order valence-electron chi connectivity index (χ4n) is 3.66. The molecular weight excluding hydrogens is 318 g/mol. The van der Waals surface area contributed by atoms with Gasteiger partial charge in [-0.25, -0.2) is 4.68 Å². The first-order valence-electron chi connectivity index (χ1n) is 8.83. The van der Waals surface area contributed by atoms with Crippen molar-refractivity contribution >= 4 is 5.91 Å². The number of hydrogen-bond acceptors (Lipinski definition) is 4. The smallest absolute Gasteiger partial charge is 0.274 e. The van der Waals surface area contributed by atoms with E-state index in [1.807, 2.05) is 37.4 Å². The third kappa shape index (κ3) is 3.10. The van der Waals surface area contributed by atoms with Gasteiger partial charge in [0.1, 0.15) is 5.69 Å². The average molecular weight is 343 g/mol. The predicted molar refractivity (Wildman–Crippen MR) is 94.5 cm³/mol. The van der Waals surface area contributed by atoms with Crippen LogP contribution in [0, 0.1) is 13.8 Å². The Morgan fingerprint density at radius 1 is 1.28 bits per heavy atom. The highest BCUT2D eigenvalue weighted by atomic mass is 16.2. The molecule has 25 heavy (non-hydrogen) atoms. The van der Waals surface area contributed by atoms with Gasteiger partial charge < -0.3 is 4.90 Å². The Bertz CT molecular complexity index is 852. The van der Waals surface area contributed by atoms with Gasteiger partial charge in [0.25, 0.3) is 11.5 Å². The van der Waals surface area contributed by atoms with Crippen molar-refractivity contribution in [2.75, 3.05) is 6.54 Å². The highest BCUT2D eigenvalue weighted by Gasteiger charge is 2.34. The average Bonchev–Trinajstić information content (AvgIpc) is 3.14. The summed E-state index contributed by atoms with van der Waals surface area (Å²) in [6.45, 7) is 7.22. The molecule has 3 heterocycles. The van der Waals surface area contributed by atoms with Crippen LogP contribution in [0.2, 0.25) is 0 Å². The zero-order chi connectivity index (χ0) is 18.1. The highest BCUT2D eigenvalue weighted by Crippen LogP contribution is 2.36. The van der Waals surface area contributed by atoms with Crippen molar-refractivity contribution < 1.29 is 4.79 Å². The lowest BCUT2D eigenvalue weighted by atomic mass is 10.0. The van der Waals surface area contributed by atoms with Gasteiger partial charge in [-0.05, 0) is 39.2 Å². The molecule has 0 radical (unpaired) electrons. The van der Waals surface area contributed by atoms with E-state index in [4.69, 9.17) is 0 Å². The Kier molecular flexibility index (Phi) is 4.74. The molecule has 1 atom stereocenters. The number of carbonyl (C=O) groups excluding carboxylic acids is 1. The van der Waals surface area contributed by atoms with Crippen molar-refractivity contribution in [1.29, 1.82) is 0 Å². The van der Waals surface area contributed by atoms with Gasteiger partial charge in [0.15, 0.2) is 0 Å². The van der Waals surface area contributed by atoms with E-state index in [2.05, 4.69) is 10.2 Å². The van der Waals surface area contributed by atoms with Gasteiger partial charge >= 0.3 is 0 Å². The Labute approximate surface area is 147 Å². The third-order valence-electron chi connectivity index (χ3n) is 4.93. The molecule has 1 fully saturated rings. The first-order valence-corrected chi connectivity index (χ1v) is 8.83. The van der Waals surface area contributed by atoms with Crippen LogP contribution in [0.25, 0.3) is 0 Å². The molecule has 1 amide bonds. The van der Waals surface area contributed by atoms with Crippen LogP contribution in [-0.2, 0) is 13.6 Å². The summed E-state index contributed by atoms with van der Waals surface area (Å²) in [5.74, 6) is -0.116. The first kappa shape index (κ1) is 17.4. The fourth-order valence-corrected chi connectivity index (χ4v) is 3.66. The molecule has 2 aromatic heterocycles. The number of rotatable bonds is 4. The topological polar surface area (TPSA) is 73.0 Å². The highest BCUT2D eigenvalue weighted by molar-refractivity contribution is 5.92. The number of aromatic nitrogens is 4. The van der Waals surface area contributed by atoms with Crippen LogP contribution >= 0.6 is 0 Å². The molecular formula is C18H25N5O2. The number of aryl methyl sites for hydroxylation is 3. The monoisotopic (exact) mass is 343 g/mol. The van der Waals surface area contributed by atoms with Gasteiger partial charge in [0, 0.05) is 37.5 Å². The lowest BCUT2D eigenvalue weighted by Crippen LogP contribution is -2.34. The summed E-state index contributed by atoms with van der Waals surface area (Å²) in [5, 5.41) is 8.77. The maximum Gasteiger partial charge on any atom is 0.274 e. The van der Waals surface area contributed by atoms with Crippen LogP contribution in [0.1, 0.15) is 59.7 Å². The zero-order valence-corrected chi connectivity index (χ0v) is 15.3. The lowest BCUT2D eigenvalue weighted by molar-refractivity contribution is 0.0726. The van der Waals surface area contributed by atoms with Crippen molar-refractivity contribution in [3.05, 3.63) is 45.1 Å². The fraction of sp³-hybridized carbons (Fsp3) is 0.556. The molecule has 134 valence electrons. The molecule has 1 aliphatic heterocycles.